The van der Waals surface area contributed by atoms with Gasteiger partial charge in [0.2, 0.25) is 5.78 Å². The molecule has 1 aromatic heterocycles. The van der Waals surface area contributed by atoms with E-state index in [4.69, 9.17) is 0 Å². The van der Waals surface area contributed by atoms with Crippen molar-refractivity contribution in [3.63, 3.8) is 0 Å². The minimum absolute atomic E-state index is 0.0801. The highest BCUT2D eigenvalue weighted by Gasteiger charge is 2.15. The number of ketones is 1. The quantitative estimate of drug-likeness (QED) is 0.465. The second-order valence-corrected chi connectivity index (χ2v) is 5.50. The van der Waals surface area contributed by atoms with Crippen molar-refractivity contribution in [2.75, 3.05) is 17.7 Å². The van der Waals surface area contributed by atoms with Gasteiger partial charge in [0.05, 0.1) is 12.4 Å². The van der Waals surface area contributed by atoms with Crippen LogP contribution in [0.5, 0.6) is 0 Å². The Hall–Kier alpha value is -2.74. The normalized spacial score (nSPS) is 10.0. The fraction of sp³-hybridized carbons (Fsp3) is 0.188. The molecule has 0 aliphatic heterocycles. The second kappa shape index (κ2) is 8.78. The van der Waals surface area contributed by atoms with Gasteiger partial charge in [0.25, 0.3) is 5.91 Å². The summed E-state index contributed by atoms with van der Waals surface area (Å²) in [5.74, 6) is -1.56. The number of hydrogen-bond acceptors (Lipinski definition) is 7. The molecule has 0 saturated carbocycles. The van der Waals surface area contributed by atoms with Gasteiger partial charge < -0.3 is 10.1 Å². The summed E-state index contributed by atoms with van der Waals surface area (Å²) in [5, 5.41) is 10.9. The van der Waals surface area contributed by atoms with Gasteiger partial charge in [0.15, 0.2) is 5.82 Å². The lowest BCUT2D eigenvalue weighted by atomic mass is 10.2. The van der Waals surface area contributed by atoms with Crippen molar-refractivity contribution in [3.8, 4) is 0 Å². The van der Waals surface area contributed by atoms with Crippen LogP contribution in [0.2, 0.25) is 0 Å². The maximum absolute atomic E-state index is 12.0. The molecule has 0 aliphatic rings. The third-order valence-electron chi connectivity index (χ3n) is 2.77. The highest BCUT2D eigenvalue weighted by molar-refractivity contribution is 8.00. The lowest BCUT2D eigenvalue weighted by Gasteiger charge is -2.04. The third-order valence-corrected chi connectivity index (χ3v) is 3.69. The first-order valence-electron chi connectivity index (χ1n) is 7.13. The molecule has 0 fully saturated rings. The van der Waals surface area contributed by atoms with Crippen molar-refractivity contribution in [1.29, 1.82) is 0 Å². The summed E-state index contributed by atoms with van der Waals surface area (Å²) >= 11 is 1.07. The smallest absolute Gasteiger partial charge is 0.375 e. The van der Waals surface area contributed by atoms with Gasteiger partial charge in [0, 0.05) is 5.56 Å². The Morgan fingerprint density at radius 1 is 1.08 bits per heavy atom. The number of thioether (sulfide) groups is 1. The molecule has 1 amide bonds. The number of hydrogen-bond donors (Lipinski definition) is 1. The fourth-order valence-electron chi connectivity index (χ4n) is 1.65. The minimum Gasteiger partial charge on any atom is -0.460 e. The molecule has 0 unspecified atom stereocenters. The number of benzene rings is 1. The Kier molecular flexibility index (Phi) is 6.44. The average Bonchev–Trinajstić information content (AvgIpc) is 2.61. The van der Waals surface area contributed by atoms with Crippen LogP contribution < -0.4 is 5.32 Å². The molecule has 0 saturated heterocycles. The van der Waals surface area contributed by atoms with Gasteiger partial charge in [-0.3, -0.25) is 9.59 Å². The van der Waals surface area contributed by atoms with E-state index in [1.165, 1.54) is 0 Å². The number of nitrogens with one attached hydrogen (secondary N) is 1. The predicted octanol–water partition coefficient (Wildman–Crippen LogP) is 1.95. The van der Waals surface area contributed by atoms with Crippen molar-refractivity contribution in [2.24, 2.45) is 0 Å². The van der Waals surface area contributed by atoms with Crippen LogP contribution in [0.25, 0.3) is 0 Å². The van der Waals surface area contributed by atoms with E-state index < -0.39 is 11.8 Å². The number of rotatable bonds is 7. The highest BCUT2D eigenvalue weighted by Crippen LogP contribution is 2.16. The molecule has 0 atom stereocenters. The van der Waals surface area contributed by atoms with Crippen LogP contribution in [0.4, 0.5) is 5.82 Å². The highest BCUT2D eigenvalue weighted by atomic mass is 32.2. The van der Waals surface area contributed by atoms with Crippen LogP contribution in [-0.4, -0.2) is 40.2 Å². The zero-order valence-electron chi connectivity index (χ0n) is 12.9. The number of carbonyl (C=O) groups excluding carboxylic acids is 3. The molecule has 0 aliphatic carbocycles. The molecule has 1 N–H and O–H groups in total. The number of amides is 1. The number of carbonyl (C=O) groups is 3. The summed E-state index contributed by atoms with van der Waals surface area (Å²) in [6.45, 7) is 1.79. The molecule has 1 heterocycles. The molecular weight excluding hydrogens is 330 g/mol. The van der Waals surface area contributed by atoms with Gasteiger partial charge in [-0.25, -0.2) is 4.79 Å². The lowest BCUT2D eigenvalue weighted by molar-refractivity contribution is -0.152. The lowest BCUT2D eigenvalue weighted by Crippen LogP contribution is -2.19. The van der Waals surface area contributed by atoms with Gasteiger partial charge in [-0.05, 0) is 31.2 Å². The van der Waals surface area contributed by atoms with E-state index >= 15 is 0 Å². The Morgan fingerprint density at radius 2 is 1.83 bits per heavy atom. The summed E-state index contributed by atoms with van der Waals surface area (Å²) in [6, 6.07) is 11.9. The van der Waals surface area contributed by atoms with E-state index in [0.29, 0.717) is 16.4 Å². The van der Waals surface area contributed by atoms with Crippen molar-refractivity contribution >= 4 is 35.2 Å². The molecule has 124 valence electrons. The summed E-state index contributed by atoms with van der Waals surface area (Å²) in [5.41, 5.74) is 0.512. The van der Waals surface area contributed by atoms with Crippen molar-refractivity contribution in [3.05, 3.63) is 48.0 Å². The van der Waals surface area contributed by atoms with Crippen LogP contribution in [0, 0.1) is 0 Å². The van der Waals surface area contributed by atoms with Crippen LogP contribution in [0.15, 0.2) is 47.5 Å². The molecule has 8 heteroatoms. The summed E-state index contributed by atoms with van der Waals surface area (Å²) in [4.78, 5) is 34.7. The molecule has 0 spiro atoms. The number of ether oxygens (including phenoxy) is 1. The van der Waals surface area contributed by atoms with Crippen LogP contribution in [0.1, 0.15) is 17.3 Å². The second-order valence-electron chi connectivity index (χ2n) is 4.51. The first-order chi connectivity index (χ1) is 11.6. The van der Waals surface area contributed by atoms with E-state index in [1.807, 2.05) is 6.07 Å². The van der Waals surface area contributed by atoms with E-state index in [0.717, 1.165) is 11.8 Å². The minimum atomic E-state index is -0.857. The van der Waals surface area contributed by atoms with Gasteiger partial charge in [0.1, 0.15) is 5.03 Å². The topological polar surface area (TPSA) is 98.2 Å². The van der Waals surface area contributed by atoms with Crippen LogP contribution >= 0.6 is 11.8 Å². The molecule has 2 rings (SSSR count). The molecular formula is C16H15N3O4S. The fourth-order valence-corrected chi connectivity index (χ4v) is 2.31. The number of aromatic nitrogens is 2. The van der Waals surface area contributed by atoms with E-state index in [2.05, 4.69) is 20.3 Å². The van der Waals surface area contributed by atoms with Gasteiger partial charge in [-0.15, -0.1) is 10.2 Å². The molecule has 0 bridgehead atoms. The number of anilines is 1. The Balaban J connectivity index is 1.88. The Morgan fingerprint density at radius 3 is 2.46 bits per heavy atom. The molecule has 7 nitrogen and oxygen atoms in total. The van der Waals surface area contributed by atoms with E-state index in [1.54, 1.807) is 43.3 Å². The van der Waals surface area contributed by atoms with Crippen molar-refractivity contribution in [2.45, 2.75) is 11.9 Å². The summed E-state index contributed by atoms with van der Waals surface area (Å²) in [7, 11) is 0. The zero-order valence-corrected chi connectivity index (χ0v) is 13.7. The van der Waals surface area contributed by atoms with Gasteiger partial charge >= 0.3 is 5.97 Å². The first-order valence-corrected chi connectivity index (χ1v) is 8.11. The number of nitrogens with zero attached hydrogens (tertiary/aromatic N) is 2. The van der Waals surface area contributed by atoms with Gasteiger partial charge in [-0.1, -0.05) is 30.0 Å². The summed E-state index contributed by atoms with van der Waals surface area (Å²) in [6.07, 6.45) is 0. The predicted molar refractivity (Wildman–Crippen MR) is 88.8 cm³/mol. The maximum atomic E-state index is 12.0. The zero-order chi connectivity index (χ0) is 17.4. The summed E-state index contributed by atoms with van der Waals surface area (Å²) < 4.78 is 4.61. The maximum Gasteiger partial charge on any atom is 0.375 e. The van der Waals surface area contributed by atoms with Crippen LogP contribution in [-0.2, 0) is 14.3 Å². The van der Waals surface area contributed by atoms with E-state index in [-0.39, 0.29) is 18.3 Å². The molecule has 0 radical (unpaired) electrons. The third kappa shape index (κ3) is 5.17. The van der Waals surface area contributed by atoms with E-state index in [9.17, 15) is 14.4 Å². The monoisotopic (exact) mass is 345 g/mol. The Labute approximate surface area is 142 Å². The molecule has 1 aromatic carbocycles. The molecule has 2 aromatic rings. The SMILES string of the molecule is CCOC(=O)C(=O)CSc1ccc(NC(=O)c2ccccc2)nn1. The van der Waals surface area contributed by atoms with Gasteiger partial charge in [-0.2, -0.15) is 0 Å². The van der Waals surface area contributed by atoms with Crippen molar-refractivity contribution < 1.29 is 19.1 Å². The van der Waals surface area contributed by atoms with Crippen LogP contribution in [0.3, 0.4) is 0 Å². The standard InChI is InChI=1S/C16H15N3O4S/c1-2-23-16(22)12(20)10-24-14-9-8-13(18-19-14)17-15(21)11-6-4-3-5-7-11/h3-9H,2,10H2,1H3,(H,17,18,21). The average molecular weight is 345 g/mol. The molecule has 24 heavy (non-hydrogen) atoms. The Bertz CT molecular complexity index is 720. The van der Waals surface area contributed by atoms with Crippen molar-refractivity contribution in [1.82, 2.24) is 10.2 Å². The largest absolute Gasteiger partial charge is 0.460 e. The first kappa shape index (κ1) is 17.6. The number of Topliss-reactive ketones (excluding diaryl/α,β-unsaturated/α-hetero) is 1. The number of esters is 1.